The molecule has 1 rings (SSSR count). The minimum absolute atomic E-state index is 0.0357. The van der Waals surface area contributed by atoms with Crippen molar-refractivity contribution in [2.75, 3.05) is 13.7 Å². The summed E-state index contributed by atoms with van der Waals surface area (Å²) < 4.78 is 0. The van der Waals surface area contributed by atoms with Crippen LogP contribution in [0.3, 0.4) is 0 Å². The van der Waals surface area contributed by atoms with Gasteiger partial charge in [0.05, 0.1) is 20.3 Å². The first-order valence-electron chi connectivity index (χ1n) is 4.86. The zero-order chi connectivity index (χ0) is 11.1. The molecule has 4 heteroatoms. The Hall–Kier alpha value is -0.940. The van der Waals surface area contributed by atoms with Crippen LogP contribution in [0.1, 0.15) is 11.1 Å². The van der Waals surface area contributed by atoms with Crippen LogP contribution in [-0.4, -0.2) is 24.9 Å². The third kappa shape index (κ3) is 3.97. The van der Waals surface area contributed by atoms with E-state index in [0.717, 1.165) is 11.1 Å². The van der Waals surface area contributed by atoms with Crippen molar-refractivity contribution in [2.24, 2.45) is 5.73 Å². The van der Waals surface area contributed by atoms with Gasteiger partial charge in [0.15, 0.2) is 0 Å². The van der Waals surface area contributed by atoms with Crippen LogP contribution in [0.5, 0.6) is 0 Å². The van der Waals surface area contributed by atoms with Crippen LogP contribution >= 0.6 is 0 Å². The summed E-state index contributed by atoms with van der Waals surface area (Å²) in [6.45, 7) is 0.379. The molecule has 0 spiro atoms. The minimum atomic E-state index is -0.127. The molecule has 0 heterocycles. The van der Waals surface area contributed by atoms with Gasteiger partial charge in [-0.1, -0.05) is 24.3 Å². The Morgan fingerprint density at radius 2 is 2.00 bits per heavy atom. The first-order valence-corrected chi connectivity index (χ1v) is 4.86. The molecule has 0 fully saturated rings. The number of rotatable bonds is 6. The van der Waals surface area contributed by atoms with Gasteiger partial charge >= 0.3 is 0 Å². The second-order valence-corrected chi connectivity index (χ2v) is 3.34. The molecule has 84 valence electrons. The quantitative estimate of drug-likeness (QED) is 0.535. The van der Waals surface area contributed by atoms with Crippen LogP contribution in [0.15, 0.2) is 24.3 Å². The van der Waals surface area contributed by atoms with Gasteiger partial charge in [0.25, 0.3) is 0 Å². The van der Waals surface area contributed by atoms with E-state index in [1.165, 1.54) is 7.11 Å². The average molecular weight is 211 g/mol. The topological polar surface area (TPSA) is 64.7 Å². The Bertz CT molecular complexity index is 291. The molecule has 0 aliphatic carbocycles. The summed E-state index contributed by atoms with van der Waals surface area (Å²) in [5.74, 6) is 0. The maximum atomic E-state index is 9.11. The van der Waals surface area contributed by atoms with Crippen molar-refractivity contribution in [1.29, 1.82) is 0 Å². The molecule has 0 bridgehead atoms. The highest BCUT2D eigenvalue weighted by atomic mass is 17.2. The number of aliphatic hydroxyl groups is 1. The highest BCUT2D eigenvalue weighted by Gasteiger charge is 2.07. The Balaban J connectivity index is 2.55. The van der Waals surface area contributed by atoms with Gasteiger partial charge in [0.1, 0.15) is 0 Å². The summed E-state index contributed by atoms with van der Waals surface area (Å²) in [5.41, 5.74) is 7.78. The van der Waals surface area contributed by atoms with E-state index in [4.69, 9.17) is 15.7 Å². The van der Waals surface area contributed by atoms with E-state index in [2.05, 4.69) is 4.89 Å². The third-order valence-corrected chi connectivity index (χ3v) is 2.17. The number of aliphatic hydroxyl groups excluding tert-OH is 1. The summed E-state index contributed by atoms with van der Waals surface area (Å²) in [4.78, 5) is 9.23. The Kier molecular flexibility index (Phi) is 5.28. The minimum Gasteiger partial charge on any atom is -0.392 e. The van der Waals surface area contributed by atoms with E-state index in [-0.39, 0.29) is 12.6 Å². The molecule has 1 atom stereocenters. The summed E-state index contributed by atoms with van der Waals surface area (Å²) in [5, 5.41) is 9.11. The van der Waals surface area contributed by atoms with Crippen molar-refractivity contribution < 1.29 is 14.9 Å². The van der Waals surface area contributed by atoms with Gasteiger partial charge in [-0.05, 0) is 17.5 Å². The fraction of sp³-hybridized carbons (Fsp3) is 0.455. The lowest BCUT2D eigenvalue weighted by Gasteiger charge is -2.12. The van der Waals surface area contributed by atoms with Crippen molar-refractivity contribution in [3.8, 4) is 0 Å². The number of benzene rings is 1. The van der Waals surface area contributed by atoms with Crippen LogP contribution in [0.25, 0.3) is 0 Å². The van der Waals surface area contributed by atoms with Gasteiger partial charge in [0.2, 0.25) is 0 Å². The number of hydrogen-bond donors (Lipinski definition) is 2. The predicted molar refractivity (Wildman–Crippen MR) is 57.0 cm³/mol. The second kappa shape index (κ2) is 6.53. The maximum absolute atomic E-state index is 9.11. The smallest absolute Gasteiger partial charge is 0.0976 e. The molecule has 1 aromatic rings. The van der Waals surface area contributed by atoms with E-state index in [1.807, 2.05) is 24.3 Å². The van der Waals surface area contributed by atoms with E-state index in [9.17, 15) is 0 Å². The van der Waals surface area contributed by atoms with Crippen LogP contribution in [0.4, 0.5) is 0 Å². The maximum Gasteiger partial charge on any atom is 0.0976 e. The van der Waals surface area contributed by atoms with Crippen LogP contribution in [-0.2, 0) is 22.8 Å². The lowest BCUT2D eigenvalue weighted by Crippen LogP contribution is -2.28. The first kappa shape index (κ1) is 12.1. The highest BCUT2D eigenvalue weighted by Crippen LogP contribution is 2.10. The summed E-state index contributed by atoms with van der Waals surface area (Å²) in [6, 6.07) is 7.54. The monoisotopic (exact) mass is 211 g/mol. The van der Waals surface area contributed by atoms with Gasteiger partial charge < -0.3 is 10.8 Å². The normalized spacial score (nSPS) is 12.7. The summed E-state index contributed by atoms with van der Waals surface area (Å²) in [7, 11) is 1.45. The molecule has 0 saturated heterocycles. The Morgan fingerprint density at radius 1 is 1.33 bits per heavy atom. The van der Waals surface area contributed by atoms with Crippen molar-refractivity contribution >= 4 is 0 Å². The van der Waals surface area contributed by atoms with E-state index in [0.29, 0.717) is 13.0 Å². The van der Waals surface area contributed by atoms with Crippen molar-refractivity contribution in [3.63, 3.8) is 0 Å². The van der Waals surface area contributed by atoms with Gasteiger partial charge in [-0.25, -0.2) is 9.78 Å². The van der Waals surface area contributed by atoms with E-state index in [1.54, 1.807) is 0 Å². The highest BCUT2D eigenvalue weighted by molar-refractivity contribution is 5.27. The standard InChI is InChI=1S/C11H17NO3/c1-14-15-8-11(12)6-9-4-2-3-5-10(9)7-13/h2-5,11,13H,6-8,12H2,1H3/t11-/m0/s1. The van der Waals surface area contributed by atoms with Gasteiger partial charge in [-0.3, -0.25) is 0 Å². The van der Waals surface area contributed by atoms with Crippen molar-refractivity contribution in [1.82, 2.24) is 0 Å². The molecule has 0 aromatic heterocycles. The fourth-order valence-corrected chi connectivity index (χ4v) is 1.41. The third-order valence-electron chi connectivity index (χ3n) is 2.17. The van der Waals surface area contributed by atoms with Crippen LogP contribution < -0.4 is 5.73 Å². The summed E-state index contributed by atoms with van der Waals surface area (Å²) in [6.07, 6.45) is 0.667. The lowest BCUT2D eigenvalue weighted by molar-refractivity contribution is -0.274. The van der Waals surface area contributed by atoms with Crippen molar-refractivity contribution in [2.45, 2.75) is 19.1 Å². The van der Waals surface area contributed by atoms with E-state index < -0.39 is 0 Å². The lowest BCUT2D eigenvalue weighted by atomic mass is 10.0. The molecule has 0 aliphatic rings. The Labute approximate surface area is 89.5 Å². The molecule has 1 aromatic carbocycles. The molecule has 0 aliphatic heterocycles. The molecule has 0 radical (unpaired) electrons. The molecule has 0 unspecified atom stereocenters. The van der Waals surface area contributed by atoms with Crippen LogP contribution in [0.2, 0.25) is 0 Å². The molecule has 0 saturated carbocycles. The first-order chi connectivity index (χ1) is 7.27. The molecular formula is C11H17NO3. The molecule has 3 N–H and O–H groups in total. The van der Waals surface area contributed by atoms with Crippen LogP contribution in [0, 0.1) is 0 Å². The molecule has 15 heavy (non-hydrogen) atoms. The SMILES string of the molecule is COOC[C@@H](N)Cc1ccccc1CO. The second-order valence-electron chi connectivity index (χ2n) is 3.34. The molecular weight excluding hydrogens is 194 g/mol. The largest absolute Gasteiger partial charge is 0.392 e. The van der Waals surface area contributed by atoms with Gasteiger partial charge in [-0.15, -0.1) is 0 Å². The summed E-state index contributed by atoms with van der Waals surface area (Å²) >= 11 is 0. The van der Waals surface area contributed by atoms with E-state index >= 15 is 0 Å². The predicted octanol–water partition coefficient (Wildman–Crippen LogP) is 0.627. The average Bonchev–Trinajstić information content (AvgIpc) is 2.27. The van der Waals surface area contributed by atoms with Crippen molar-refractivity contribution in [3.05, 3.63) is 35.4 Å². The molecule has 4 nitrogen and oxygen atoms in total. The number of hydrogen-bond acceptors (Lipinski definition) is 4. The number of nitrogens with two attached hydrogens (primary N) is 1. The Morgan fingerprint density at radius 3 is 2.60 bits per heavy atom. The zero-order valence-electron chi connectivity index (χ0n) is 8.85. The fourth-order valence-electron chi connectivity index (χ4n) is 1.41. The van der Waals surface area contributed by atoms with Gasteiger partial charge in [0, 0.05) is 6.04 Å². The van der Waals surface area contributed by atoms with Gasteiger partial charge in [-0.2, -0.15) is 0 Å². The molecule has 0 amide bonds. The zero-order valence-corrected chi connectivity index (χ0v) is 8.85.